The molecule has 164 valence electrons. The second kappa shape index (κ2) is 10.1. The molecule has 3 aromatic rings. The van der Waals surface area contributed by atoms with Crippen LogP contribution in [-0.2, 0) is 16.1 Å². The fourth-order valence-electron chi connectivity index (χ4n) is 2.91. The van der Waals surface area contributed by atoms with Crippen molar-refractivity contribution in [2.24, 2.45) is 0 Å². The lowest BCUT2D eigenvalue weighted by Crippen LogP contribution is -2.15. The number of hydrogen-bond donors (Lipinski definition) is 1. The predicted octanol–water partition coefficient (Wildman–Crippen LogP) is 3.91. The number of carbonyl (C=O) groups excluding carboxylic acids is 2. The van der Waals surface area contributed by atoms with Gasteiger partial charge in [0.1, 0.15) is 17.4 Å². The van der Waals surface area contributed by atoms with Gasteiger partial charge in [0.2, 0.25) is 12.7 Å². The van der Waals surface area contributed by atoms with Crippen molar-refractivity contribution in [1.82, 2.24) is 4.98 Å². The van der Waals surface area contributed by atoms with E-state index in [1.165, 1.54) is 0 Å². The van der Waals surface area contributed by atoms with Crippen molar-refractivity contribution in [1.29, 1.82) is 0 Å². The van der Waals surface area contributed by atoms with Crippen LogP contribution in [0.3, 0.4) is 0 Å². The standard InChI is InChI=1S/C23H20N2O6S/c1-28-17-7-4-15(5-8-17)12-29-23(27)18-3-2-10-24-22(18)32-13-21(26)25-16-6-9-19-20(11-16)31-14-30-19/h2-11H,12-14H2,1H3,(H,25,26). The van der Waals surface area contributed by atoms with Crippen molar-refractivity contribution in [2.75, 3.05) is 25.0 Å². The van der Waals surface area contributed by atoms with Gasteiger partial charge in [0.15, 0.2) is 11.5 Å². The number of carbonyl (C=O) groups is 2. The molecule has 1 aliphatic heterocycles. The molecule has 1 N–H and O–H groups in total. The highest BCUT2D eigenvalue weighted by Crippen LogP contribution is 2.34. The second-order valence-electron chi connectivity index (χ2n) is 6.69. The molecule has 4 rings (SSSR count). The number of thioether (sulfide) groups is 1. The summed E-state index contributed by atoms with van der Waals surface area (Å²) in [5.74, 6) is 1.28. The van der Waals surface area contributed by atoms with Crippen LogP contribution in [0.5, 0.6) is 17.2 Å². The number of hydrogen-bond acceptors (Lipinski definition) is 8. The molecule has 0 saturated carbocycles. The van der Waals surface area contributed by atoms with E-state index in [0.717, 1.165) is 23.1 Å². The summed E-state index contributed by atoms with van der Waals surface area (Å²) in [4.78, 5) is 29.2. The first-order valence-electron chi connectivity index (χ1n) is 9.70. The lowest BCUT2D eigenvalue weighted by Gasteiger charge is -2.09. The minimum Gasteiger partial charge on any atom is -0.497 e. The summed E-state index contributed by atoms with van der Waals surface area (Å²) in [6.07, 6.45) is 1.57. The van der Waals surface area contributed by atoms with E-state index in [4.69, 9.17) is 18.9 Å². The SMILES string of the molecule is COc1ccc(COC(=O)c2cccnc2SCC(=O)Nc2ccc3c(c2)OCO3)cc1. The molecule has 0 spiro atoms. The molecular weight excluding hydrogens is 432 g/mol. The van der Waals surface area contributed by atoms with Crippen molar-refractivity contribution < 1.29 is 28.5 Å². The molecule has 9 heteroatoms. The molecule has 0 radical (unpaired) electrons. The normalized spacial score (nSPS) is 11.7. The lowest BCUT2D eigenvalue weighted by molar-refractivity contribution is -0.113. The predicted molar refractivity (Wildman–Crippen MR) is 118 cm³/mol. The Kier molecular flexibility index (Phi) is 6.76. The van der Waals surface area contributed by atoms with E-state index in [1.807, 2.05) is 12.1 Å². The smallest absolute Gasteiger partial charge is 0.341 e. The molecule has 0 fully saturated rings. The summed E-state index contributed by atoms with van der Waals surface area (Å²) >= 11 is 1.16. The Bertz CT molecular complexity index is 1120. The number of rotatable bonds is 8. The molecule has 2 heterocycles. The Balaban J connectivity index is 1.33. The average Bonchev–Trinajstić information content (AvgIpc) is 3.29. The minimum atomic E-state index is -0.507. The van der Waals surface area contributed by atoms with Crippen LogP contribution >= 0.6 is 11.8 Å². The van der Waals surface area contributed by atoms with Crippen LogP contribution in [0.15, 0.2) is 65.8 Å². The van der Waals surface area contributed by atoms with E-state index in [1.54, 1.807) is 55.8 Å². The van der Waals surface area contributed by atoms with Crippen LogP contribution in [0.2, 0.25) is 0 Å². The van der Waals surface area contributed by atoms with Gasteiger partial charge in [0.25, 0.3) is 0 Å². The van der Waals surface area contributed by atoms with Crippen LogP contribution in [0.4, 0.5) is 5.69 Å². The third-order valence-electron chi connectivity index (χ3n) is 4.52. The molecule has 0 atom stereocenters. The highest BCUT2D eigenvalue weighted by molar-refractivity contribution is 8.00. The van der Waals surface area contributed by atoms with E-state index in [0.29, 0.717) is 27.8 Å². The first-order chi connectivity index (χ1) is 15.6. The van der Waals surface area contributed by atoms with Gasteiger partial charge >= 0.3 is 5.97 Å². The number of amides is 1. The highest BCUT2D eigenvalue weighted by atomic mass is 32.2. The first-order valence-corrected chi connectivity index (χ1v) is 10.7. The molecule has 0 aliphatic carbocycles. The number of benzene rings is 2. The summed E-state index contributed by atoms with van der Waals surface area (Å²) in [6, 6.07) is 15.7. The number of pyridine rings is 1. The maximum absolute atomic E-state index is 12.6. The average molecular weight is 452 g/mol. The Morgan fingerprint density at radius 3 is 2.72 bits per heavy atom. The number of aromatic nitrogens is 1. The zero-order valence-electron chi connectivity index (χ0n) is 17.2. The molecule has 0 unspecified atom stereocenters. The molecular formula is C23H20N2O6S. The molecule has 2 aromatic carbocycles. The van der Waals surface area contributed by atoms with Gasteiger partial charge in [-0.1, -0.05) is 23.9 Å². The minimum absolute atomic E-state index is 0.0736. The third kappa shape index (κ3) is 5.30. The van der Waals surface area contributed by atoms with E-state index >= 15 is 0 Å². The topological polar surface area (TPSA) is 96.0 Å². The molecule has 32 heavy (non-hydrogen) atoms. The molecule has 1 aliphatic rings. The summed E-state index contributed by atoms with van der Waals surface area (Å²) in [7, 11) is 1.59. The van der Waals surface area contributed by atoms with Crippen molar-refractivity contribution in [3.05, 3.63) is 71.9 Å². The van der Waals surface area contributed by atoms with Gasteiger partial charge in [-0.25, -0.2) is 9.78 Å². The number of nitrogens with zero attached hydrogens (tertiary/aromatic N) is 1. The van der Waals surface area contributed by atoms with Gasteiger partial charge in [-0.15, -0.1) is 0 Å². The Labute approximate surface area is 188 Å². The van der Waals surface area contributed by atoms with Gasteiger partial charge in [0, 0.05) is 18.0 Å². The van der Waals surface area contributed by atoms with Gasteiger partial charge in [-0.3, -0.25) is 4.79 Å². The van der Waals surface area contributed by atoms with Crippen LogP contribution in [0, 0.1) is 0 Å². The zero-order chi connectivity index (χ0) is 22.3. The molecule has 0 saturated heterocycles. The van der Waals surface area contributed by atoms with Gasteiger partial charge < -0.3 is 24.3 Å². The van der Waals surface area contributed by atoms with Crippen molar-refractivity contribution >= 4 is 29.3 Å². The maximum Gasteiger partial charge on any atom is 0.341 e. The fraction of sp³-hybridized carbons (Fsp3) is 0.174. The van der Waals surface area contributed by atoms with Crippen molar-refractivity contribution in [3.63, 3.8) is 0 Å². The van der Waals surface area contributed by atoms with Gasteiger partial charge in [-0.2, -0.15) is 0 Å². The second-order valence-corrected chi connectivity index (χ2v) is 7.65. The number of anilines is 1. The number of fused-ring (bicyclic) bond motifs is 1. The van der Waals surface area contributed by atoms with Gasteiger partial charge in [0.05, 0.1) is 18.4 Å². The van der Waals surface area contributed by atoms with E-state index in [-0.39, 0.29) is 25.1 Å². The summed E-state index contributed by atoms with van der Waals surface area (Å²) in [5, 5.41) is 3.22. The van der Waals surface area contributed by atoms with Crippen molar-refractivity contribution in [2.45, 2.75) is 11.6 Å². The summed E-state index contributed by atoms with van der Waals surface area (Å²) in [6.45, 7) is 0.284. The third-order valence-corrected chi connectivity index (χ3v) is 5.52. The van der Waals surface area contributed by atoms with Gasteiger partial charge in [-0.05, 0) is 42.0 Å². The van der Waals surface area contributed by atoms with Crippen molar-refractivity contribution in [3.8, 4) is 17.2 Å². The molecule has 1 amide bonds. The maximum atomic E-state index is 12.6. The fourth-order valence-corrected chi connectivity index (χ4v) is 3.70. The molecule has 0 bridgehead atoms. The van der Waals surface area contributed by atoms with E-state index < -0.39 is 5.97 Å². The quantitative estimate of drug-likeness (QED) is 0.406. The Morgan fingerprint density at radius 2 is 1.91 bits per heavy atom. The van der Waals surface area contributed by atoms with Crippen LogP contribution in [0.25, 0.3) is 0 Å². The van der Waals surface area contributed by atoms with E-state index in [9.17, 15) is 9.59 Å². The molecule has 1 aromatic heterocycles. The largest absolute Gasteiger partial charge is 0.497 e. The van der Waals surface area contributed by atoms with Crippen LogP contribution in [-0.4, -0.2) is 36.5 Å². The van der Waals surface area contributed by atoms with Crippen LogP contribution in [0.1, 0.15) is 15.9 Å². The summed E-state index contributed by atoms with van der Waals surface area (Å²) in [5.41, 5.74) is 1.74. The number of methoxy groups -OCH3 is 1. The monoisotopic (exact) mass is 452 g/mol. The first kappa shape index (κ1) is 21.5. The highest BCUT2D eigenvalue weighted by Gasteiger charge is 2.17. The number of esters is 1. The zero-order valence-corrected chi connectivity index (χ0v) is 18.0. The summed E-state index contributed by atoms with van der Waals surface area (Å²) < 4.78 is 21.1. The number of ether oxygens (including phenoxy) is 4. The van der Waals surface area contributed by atoms with E-state index in [2.05, 4.69) is 10.3 Å². The Morgan fingerprint density at radius 1 is 1.09 bits per heavy atom. The lowest BCUT2D eigenvalue weighted by atomic mass is 10.2. The Hall–Kier alpha value is -3.72. The van der Waals surface area contributed by atoms with Crippen LogP contribution < -0.4 is 19.5 Å². The number of nitrogens with one attached hydrogen (secondary N) is 1. The molecule has 8 nitrogen and oxygen atoms in total.